The highest BCUT2D eigenvalue weighted by atomic mass is 16.6. The lowest BCUT2D eigenvalue weighted by Gasteiger charge is -2.08. The largest absolute Gasteiger partial charge is 0.494 e. The molecule has 0 aliphatic heterocycles. The molecule has 3 aromatic carbocycles. The van der Waals surface area contributed by atoms with Crippen LogP contribution in [0.15, 0.2) is 60.7 Å². The van der Waals surface area contributed by atoms with Crippen LogP contribution in [0.25, 0.3) is 21.9 Å². The van der Waals surface area contributed by atoms with Crippen molar-refractivity contribution in [2.45, 2.75) is 19.8 Å². The van der Waals surface area contributed by atoms with Gasteiger partial charge in [-0.1, -0.05) is 31.5 Å². The van der Waals surface area contributed by atoms with Crippen molar-refractivity contribution in [1.29, 1.82) is 0 Å². The number of non-ortho nitro benzene ring substituents is 1. The molecule has 0 aliphatic rings. The van der Waals surface area contributed by atoms with Crippen LogP contribution in [0.3, 0.4) is 0 Å². The Hall–Kier alpha value is -2.88. The van der Waals surface area contributed by atoms with Gasteiger partial charge in [0, 0.05) is 12.1 Å². The van der Waals surface area contributed by atoms with E-state index in [9.17, 15) is 10.1 Å². The number of hydrogen-bond acceptors (Lipinski definition) is 3. The lowest BCUT2D eigenvalue weighted by Crippen LogP contribution is -1.96. The Kier molecular flexibility index (Phi) is 4.75. The van der Waals surface area contributed by atoms with Gasteiger partial charge in [-0.15, -0.1) is 0 Å². The number of ether oxygens (including phenoxy) is 1. The fraction of sp³-hybridized carbons (Fsp3) is 0.200. The standard InChI is InChI=1S/C20H19NO3/c1-2-3-12-24-20-11-8-17-13-16(4-5-18(17)14-20)15-6-9-19(10-7-15)21(22)23/h4-11,13-14H,2-3,12H2,1H3. The van der Waals surface area contributed by atoms with E-state index in [1.807, 2.05) is 24.3 Å². The van der Waals surface area contributed by atoms with Gasteiger partial charge in [-0.05, 0) is 58.7 Å². The summed E-state index contributed by atoms with van der Waals surface area (Å²) in [5.41, 5.74) is 2.11. The molecule has 0 atom stereocenters. The molecular formula is C20H19NO3. The van der Waals surface area contributed by atoms with Crippen molar-refractivity contribution >= 4 is 16.5 Å². The molecule has 0 aromatic heterocycles. The van der Waals surface area contributed by atoms with Gasteiger partial charge >= 0.3 is 0 Å². The summed E-state index contributed by atoms with van der Waals surface area (Å²) in [5, 5.41) is 13.0. The van der Waals surface area contributed by atoms with Crippen molar-refractivity contribution in [3.05, 3.63) is 70.8 Å². The normalized spacial score (nSPS) is 10.7. The Morgan fingerprint density at radius 3 is 2.29 bits per heavy atom. The van der Waals surface area contributed by atoms with Crippen LogP contribution in [0.1, 0.15) is 19.8 Å². The van der Waals surface area contributed by atoms with Crippen LogP contribution >= 0.6 is 0 Å². The zero-order valence-corrected chi connectivity index (χ0v) is 13.6. The average molecular weight is 321 g/mol. The third-order valence-electron chi connectivity index (χ3n) is 3.99. The van der Waals surface area contributed by atoms with Crippen molar-refractivity contribution in [2.24, 2.45) is 0 Å². The Morgan fingerprint density at radius 2 is 1.58 bits per heavy atom. The zero-order chi connectivity index (χ0) is 16.9. The van der Waals surface area contributed by atoms with Crippen molar-refractivity contribution < 1.29 is 9.66 Å². The van der Waals surface area contributed by atoms with Gasteiger partial charge in [0.05, 0.1) is 11.5 Å². The summed E-state index contributed by atoms with van der Waals surface area (Å²) >= 11 is 0. The molecule has 3 aromatic rings. The fourth-order valence-corrected chi connectivity index (χ4v) is 2.60. The van der Waals surface area contributed by atoms with Crippen LogP contribution < -0.4 is 4.74 Å². The molecule has 0 radical (unpaired) electrons. The lowest BCUT2D eigenvalue weighted by atomic mass is 10.0. The molecule has 0 bridgehead atoms. The maximum Gasteiger partial charge on any atom is 0.269 e. The van der Waals surface area contributed by atoms with Gasteiger partial charge in [0.15, 0.2) is 0 Å². The number of nitro groups is 1. The van der Waals surface area contributed by atoms with Gasteiger partial charge in [0.25, 0.3) is 5.69 Å². The highest BCUT2D eigenvalue weighted by molar-refractivity contribution is 5.88. The molecule has 0 amide bonds. The summed E-state index contributed by atoms with van der Waals surface area (Å²) in [7, 11) is 0. The lowest BCUT2D eigenvalue weighted by molar-refractivity contribution is -0.384. The molecule has 4 nitrogen and oxygen atoms in total. The van der Waals surface area contributed by atoms with Crippen LogP contribution in [0.5, 0.6) is 5.75 Å². The molecule has 0 spiro atoms. The minimum Gasteiger partial charge on any atom is -0.494 e. The van der Waals surface area contributed by atoms with E-state index >= 15 is 0 Å². The minimum absolute atomic E-state index is 0.105. The fourth-order valence-electron chi connectivity index (χ4n) is 2.60. The second kappa shape index (κ2) is 7.13. The second-order valence-electron chi connectivity index (χ2n) is 5.73. The van der Waals surface area contributed by atoms with Gasteiger partial charge < -0.3 is 4.74 Å². The van der Waals surface area contributed by atoms with Crippen molar-refractivity contribution in [1.82, 2.24) is 0 Å². The van der Waals surface area contributed by atoms with Gasteiger partial charge in [-0.2, -0.15) is 0 Å². The van der Waals surface area contributed by atoms with Gasteiger partial charge in [-0.25, -0.2) is 0 Å². The Morgan fingerprint density at radius 1 is 0.917 bits per heavy atom. The van der Waals surface area contributed by atoms with E-state index in [0.29, 0.717) is 0 Å². The average Bonchev–Trinajstić information content (AvgIpc) is 2.61. The maximum atomic E-state index is 10.7. The van der Waals surface area contributed by atoms with Crippen LogP contribution in [0.2, 0.25) is 0 Å². The molecule has 0 aliphatic carbocycles. The molecule has 0 N–H and O–H groups in total. The first kappa shape index (κ1) is 16.0. The summed E-state index contributed by atoms with van der Waals surface area (Å²) < 4.78 is 5.74. The molecule has 0 saturated carbocycles. The van der Waals surface area contributed by atoms with Crippen molar-refractivity contribution in [3.63, 3.8) is 0 Å². The minimum atomic E-state index is -0.385. The molecule has 3 rings (SSSR count). The van der Waals surface area contributed by atoms with Crippen molar-refractivity contribution in [3.8, 4) is 16.9 Å². The third-order valence-corrected chi connectivity index (χ3v) is 3.99. The van der Waals surface area contributed by atoms with E-state index in [0.717, 1.165) is 47.1 Å². The van der Waals surface area contributed by atoms with E-state index in [1.165, 1.54) is 12.1 Å². The SMILES string of the molecule is CCCCOc1ccc2cc(-c3ccc([N+](=O)[O-])cc3)ccc2c1. The first-order valence-electron chi connectivity index (χ1n) is 8.09. The van der Waals surface area contributed by atoms with E-state index in [-0.39, 0.29) is 10.6 Å². The van der Waals surface area contributed by atoms with Crippen LogP contribution in [0, 0.1) is 10.1 Å². The third kappa shape index (κ3) is 3.54. The number of benzene rings is 3. The van der Waals surface area contributed by atoms with Crippen LogP contribution in [0.4, 0.5) is 5.69 Å². The summed E-state index contributed by atoms with van der Waals surface area (Å²) in [5.74, 6) is 0.888. The topological polar surface area (TPSA) is 52.4 Å². The summed E-state index contributed by atoms with van der Waals surface area (Å²) in [4.78, 5) is 10.4. The summed E-state index contributed by atoms with van der Waals surface area (Å²) in [6.45, 7) is 2.88. The predicted molar refractivity (Wildman–Crippen MR) is 96.4 cm³/mol. The zero-order valence-electron chi connectivity index (χ0n) is 13.6. The van der Waals surface area contributed by atoms with Gasteiger partial charge in [-0.3, -0.25) is 10.1 Å². The monoisotopic (exact) mass is 321 g/mol. The van der Waals surface area contributed by atoms with Gasteiger partial charge in [0.2, 0.25) is 0 Å². The first-order chi connectivity index (χ1) is 11.7. The molecule has 4 heteroatoms. The van der Waals surface area contributed by atoms with E-state index < -0.39 is 0 Å². The highest BCUT2D eigenvalue weighted by Gasteiger charge is 2.06. The number of nitro benzene ring substituents is 1. The first-order valence-corrected chi connectivity index (χ1v) is 8.09. The van der Waals surface area contributed by atoms with E-state index in [1.54, 1.807) is 12.1 Å². The predicted octanol–water partition coefficient (Wildman–Crippen LogP) is 5.59. The molecule has 0 fully saturated rings. The number of hydrogen-bond donors (Lipinski definition) is 0. The molecule has 0 saturated heterocycles. The van der Waals surface area contributed by atoms with Crippen LogP contribution in [-0.4, -0.2) is 11.5 Å². The van der Waals surface area contributed by atoms with Gasteiger partial charge in [0.1, 0.15) is 5.75 Å². The van der Waals surface area contributed by atoms with Crippen molar-refractivity contribution in [2.75, 3.05) is 6.61 Å². The van der Waals surface area contributed by atoms with E-state index in [2.05, 4.69) is 19.1 Å². The molecule has 122 valence electrons. The molecule has 0 heterocycles. The number of rotatable bonds is 6. The smallest absolute Gasteiger partial charge is 0.269 e. The Bertz CT molecular complexity index is 856. The Balaban J connectivity index is 1.85. The molecule has 0 unspecified atom stereocenters. The number of nitrogens with zero attached hydrogens (tertiary/aromatic N) is 1. The highest BCUT2D eigenvalue weighted by Crippen LogP contribution is 2.28. The molecular weight excluding hydrogens is 302 g/mol. The number of unbranched alkanes of at least 4 members (excludes halogenated alkanes) is 1. The quantitative estimate of drug-likeness (QED) is 0.337. The second-order valence-corrected chi connectivity index (χ2v) is 5.73. The molecule has 24 heavy (non-hydrogen) atoms. The van der Waals surface area contributed by atoms with Crippen LogP contribution in [-0.2, 0) is 0 Å². The summed E-state index contributed by atoms with van der Waals surface area (Å²) in [6, 6.07) is 18.9. The Labute approximate surface area is 140 Å². The number of fused-ring (bicyclic) bond motifs is 1. The summed E-state index contributed by atoms with van der Waals surface area (Å²) in [6.07, 6.45) is 2.17. The van der Waals surface area contributed by atoms with E-state index in [4.69, 9.17) is 4.74 Å². The maximum absolute atomic E-state index is 10.7.